The van der Waals surface area contributed by atoms with Gasteiger partial charge in [-0.05, 0) is 30.0 Å². The highest BCUT2D eigenvalue weighted by Crippen LogP contribution is 2.22. The van der Waals surface area contributed by atoms with E-state index in [0.29, 0.717) is 12.1 Å². The molecule has 0 fully saturated rings. The van der Waals surface area contributed by atoms with Gasteiger partial charge in [0, 0.05) is 17.3 Å². The summed E-state index contributed by atoms with van der Waals surface area (Å²) < 4.78 is 22.4. The lowest BCUT2D eigenvalue weighted by Crippen LogP contribution is -2.25. The number of rotatable bonds is 4. The third-order valence-electron chi connectivity index (χ3n) is 2.80. The molecule has 108 valence electrons. The SMILES string of the molecule is Cc1ccsc1CN(C)C(=O)c1csc(S(N)(=O)=O)c1. The zero-order chi connectivity index (χ0) is 14.9. The lowest BCUT2D eigenvalue weighted by Gasteiger charge is -2.16. The molecule has 0 aromatic carbocycles. The molecule has 2 aromatic heterocycles. The quantitative estimate of drug-likeness (QED) is 0.931. The maximum Gasteiger partial charge on any atom is 0.254 e. The number of primary sulfonamides is 1. The second-order valence-electron chi connectivity index (χ2n) is 4.39. The van der Waals surface area contributed by atoms with Crippen LogP contribution in [0.2, 0.25) is 0 Å². The summed E-state index contributed by atoms with van der Waals surface area (Å²) in [5.74, 6) is -0.219. The first-order valence-electron chi connectivity index (χ1n) is 5.69. The van der Waals surface area contributed by atoms with Crippen molar-refractivity contribution >= 4 is 38.6 Å². The Balaban J connectivity index is 2.15. The van der Waals surface area contributed by atoms with Crippen LogP contribution in [0.1, 0.15) is 20.8 Å². The van der Waals surface area contributed by atoms with Crippen molar-refractivity contribution in [2.45, 2.75) is 17.7 Å². The summed E-state index contributed by atoms with van der Waals surface area (Å²) in [6.45, 7) is 2.50. The molecule has 0 saturated carbocycles. The van der Waals surface area contributed by atoms with E-state index in [1.54, 1.807) is 23.3 Å². The molecule has 2 rings (SSSR count). The fraction of sp³-hybridized carbons (Fsp3) is 0.250. The normalized spacial score (nSPS) is 11.6. The van der Waals surface area contributed by atoms with Crippen molar-refractivity contribution in [1.82, 2.24) is 4.90 Å². The third kappa shape index (κ3) is 3.26. The molecular formula is C12H14N2O3S3. The molecule has 5 nitrogen and oxygen atoms in total. The number of aryl methyl sites for hydroxylation is 1. The van der Waals surface area contributed by atoms with Crippen LogP contribution < -0.4 is 5.14 Å². The maximum atomic E-state index is 12.2. The Morgan fingerprint density at radius 1 is 1.40 bits per heavy atom. The van der Waals surface area contributed by atoms with Gasteiger partial charge >= 0.3 is 0 Å². The number of amides is 1. The van der Waals surface area contributed by atoms with E-state index in [1.165, 1.54) is 11.4 Å². The molecule has 20 heavy (non-hydrogen) atoms. The lowest BCUT2D eigenvalue weighted by atomic mass is 10.2. The summed E-state index contributed by atoms with van der Waals surface area (Å²) in [4.78, 5) is 14.9. The van der Waals surface area contributed by atoms with E-state index in [9.17, 15) is 13.2 Å². The number of carbonyl (C=O) groups is 1. The molecule has 2 heterocycles. The van der Waals surface area contributed by atoms with Gasteiger partial charge in [0.2, 0.25) is 10.0 Å². The van der Waals surface area contributed by atoms with Gasteiger partial charge < -0.3 is 4.90 Å². The van der Waals surface area contributed by atoms with E-state index < -0.39 is 10.0 Å². The van der Waals surface area contributed by atoms with Gasteiger partial charge in [-0.25, -0.2) is 13.6 Å². The Bertz CT molecular complexity index is 731. The van der Waals surface area contributed by atoms with Crippen molar-refractivity contribution in [2.75, 3.05) is 7.05 Å². The van der Waals surface area contributed by atoms with E-state index in [-0.39, 0.29) is 10.1 Å². The van der Waals surface area contributed by atoms with Gasteiger partial charge in [0.15, 0.2) is 0 Å². The highest BCUT2D eigenvalue weighted by molar-refractivity contribution is 7.91. The van der Waals surface area contributed by atoms with Gasteiger partial charge in [0.25, 0.3) is 5.91 Å². The molecule has 8 heteroatoms. The van der Waals surface area contributed by atoms with Crippen LogP contribution in [0.4, 0.5) is 0 Å². The van der Waals surface area contributed by atoms with Crippen LogP contribution in [-0.2, 0) is 16.6 Å². The van der Waals surface area contributed by atoms with Crippen LogP contribution >= 0.6 is 22.7 Å². The average Bonchev–Trinajstić information content (AvgIpc) is 2.97. The zero-order valence-corrected chi connectivity index (χ0v) is 13.4. The van der Waals surface area contributed by atoms with E-state index in [0.717, 1.165) is 21.8 Å². The molecule has 2 aromatic rings. The summed E-state index contributed by atoms with van der Waals surface area (Å²) in [5.41, 5.74) is 1.49. The Kier molecular flexibility index (Phi) is 4.28. The molecule has 2 N–H and O–H groups in total. The Morgan fingerprint density at radius 3 is 2.60 bits per heavy atom. The van der Waals surface area contributed by atoms with Crippen molar-refractivity contribution in [3.05, 3.63) is 38.9 Å². The Labute approximate surface area is 125 Å². The molecule has 0 saturated heterocycles. The number of carbonyl (C=O) groups excluding carboxylic acids is 1. The van der Waals surface area contributed by atoms with Crippen molar-refractivity contribution in [2.24, 2.45) is 5.14 Å². The highest BCUT2D eigenvalue weighted by atomic mass is 32.2. The number of sulfonamides is 1. The fourth-order valence-corrected chi connectivity index (χ4v) is 4.19. The summed E-state index contributed by atoms with van der Waals surface area (Å²) in [6.07, 6.45) is 0. The van der Waals surface area contributed by atoms with Crippen molar-refractivity contribution < 1.29 is 13.2 Å². The predicted molar refractivity (Wildman–Crippen MR) is 80.5 cm³/mol. The van der Waals surface area contributed by atoms with E-state index in [2.05, 4.69) is 0 Å². The first-order valence-corrected chi connectivity index (χ1v) is 8.99. The topological polar surface area (TPSA) is 80.5 Å². The summed E-state index contributed by atoms with van der Waals surface area (Å²) >= 11 is 2.55. The van der Waals surface area contributed by atoms with E-state index in [4.69, 9.17) is 5.14 Å². The van der Waals surface area contributed by atoms with E-state index in [1.807, 2.05) is 18.4 Å². The minimum absolute atomic E-state index is 0.00144. The Hall–Kier alpha value is -1.22. The highest BCUT2D eigenvalue weighted by Gasteiger charge is 2.18. The van der Waals surface area contributed by atoms with Gasteiger partial charge in [-0.1, -0.05) is 0 Å². The first kappa shape index (κ1) is 15.2. The molecule has 0 aliphatic heterocycles. The van der Waals surface area contributed by atoms with Crippen LogP contribution in [0.3, 0.4) is 0 Å². The molecule has 0 unspecified atom stereocenters. The number of thiophene rings is 2. The van der Waals surface area contributed by atoms with Crippen LogP contribution in [-0.4, -0.2) is 26.3 Å². The maximum absolute atomic E-state index is 12.2. The van der Waals surface area contributed by atoms with Crippen LogP contribution in [0.25, 0.3) is 0 Å². The lowest BCUT2D eigenvalue weighted by molar-refractivity contribution is 0.0786. The van der Waals surface area contributed by atoms with E-state index >= 15 is 0 Å². The average molecular weight is 330 g/mol. The van der Waals surface area contributed by atoms with Crippen LogP contribution in [0, 0.1) is 6.92 Å². The van der Waals surface area contributed by atoms with Crippen LogP contribution in [0.15, 0.2) is 27.1 Å². The van der Waals surface area contributed by atoms with Gasteiger partial charge in [-0.2, -0.15) is 0 Å². The molecular weight excluding hydrogens is 316 g/mol. The summed E-state index contributed by atoms with van der Waals surface area (Å²) in [6, 6.07) is 3.32. The molecule has 0 atom stereocenters. The number of nitrogens with two attached hydrogens (primary N) is 1. The van der Waals surface area contributed by atoms with Gasteiger partial charge in [0.05, 0.1) is 12.1 Å². The predicted octanol–water partition coefficient (Wildman–Crippen LogP) is 2.04. The largest absolute Gasteiger partial charge is 0.337 e. The van der Waals surface area contributed by atoms with Crippen LogP contribution in [0.5, 0.6) is 0 Å². The monoisotopic (exact) mass is 330 g/mol. The number of nitrogens with zero attached hydrogens (tertiary/aromatic N) is 1. The molecule has 0 spiro atoms. The summed E-state index contributed by atoms with van der Waals surface area (Å²) in [7, 11) is -2.06. The molecule has 0 bridgehead atoms. The zero-order valence-electron chi connectivity index (χ0n) is 11.0. The summed E-state index contributed by atoms with van der Waals surface area (Å²) in [5, 5.41) is 8.53. The van der Waals surface area contributed by atoms with Gasteiger partial charge in [-0.3, -0.25) is 4.79 Å². The standard InChI is InChI=1S/C12H14N2O3S3/c1-8-3-4-18-10(8)6-14(2)12(15)9-5-11(19-7-9)20(13,16)17/h3-5,7H,6H2,1-2H3,(H2,13,16,17). The van der Waals surface area contributed by atoms with Gasteiger partial charge in [-0.15, -0.1) is 22.7 Å². The van der Waals surface area contributed by atoms with Crippen molar-refractivity contribution in [3.63, 3.8) is 0 Å². The molecule has 0 aliphatic carbocycles. The molecule has 1 amide bonds. The number of hydrogen-bond donors (Lipinski definition) is 1. The Morgan fingerprint density at radius 2 is 2.10 bits per heavy atom. The molecule has 0 aliphatic rings. The fourth-order valence-electron chi connectivity index (χ4n) is 1.65. The first-order chi connectivity index (χ1) is 9.29. The minimum atomic E-state index is -3.75. The smallest absolute Gasteiger partial charge is 0.254 e. The third-order valence-corrected chi connectivity index (χ3v) is 6.19. The number of hydrogen-bond acceptors (Lipinski definition) is 5. The van der Waals surface area contributed by atoms with Crippen molar-refractivity contribution in [1.29, 1.82) is 0 Å². The van der Waals surface area contributed by atoms with Gasteiger partial charge in [0.1, 0.15) is 4.21 Å². The minimum Gasteiger partial charge on any atom is -0.337 e. The van der Waals surface area contributed by atoms with Crippen molar-refractivity contribution in [3.8, 4) is 0 Å². The second-order valence-corrected chi connectivity index (χ2v) is 8.09. The second kappa shape index (κ2) is 5.65. The molecule has 0 radical (unpaired) electrons.